The molecule has 3 N–H and O–H groups in total. The molecule has 0 radical (unpaired) electrons. The Morgan fingerprint density at radius 3 is 3.00 bits per heavy atom. The number of carbonyl (C=O) groups is 1. The molecular weight excluding hydrogens is 318 g/mol. The zero-order valence-corrected chi connectivity index (χ0v) is 14.3. The van der Waals surface area contributed by atoms with E-state index in [1.54, 1.807) is 6.20 Å². The minimum atomic E-state index is -0.278. The van der Waals surface area contributed by atoms with Gasteiger partial charge >= 0.3 is 0 Å². The smallest absolute Gasteiger partial charge is 0.272 e. The Morgan fingerprint density at radius 1 is 1.44 bits per heavy atom. The van der Waals surface area contributed by atoms with Crippen molar-refractivity contribution in [3.05, 3.63) is 47.0 Å². The molecule has 2 aromatic rings. The fraction of sp³-hybridized carbons (Fsp3) is 0.500. The molecule has 0 unspecified atom stereocenters. The number of aliphatic hydroxyl groups is 1. The van der Waals surface area contributed by atoms with Crippen LogP contribution in [0.1, 0.15) is 46.3 Å². The molecule has 1 amide bonds. The quantitative estimate of drug-likeness (QED) is 0.772. The monoisotopic (exact) mass is 341 g/mol. The number of fused-ring (bicyclic) bond motifs is 1. The maximum Gasteiger partial charge on any atom is 0.272 e. The van der Waals surface area contributed by atoms with Gasteiger partial charge in [0.15, 0.2) is 5.69 Å². The van der Waals surface area contributed by atoms with Gasteiger partial charge in [-0.15, -0.1) is 0 Å². The first-order valence-corrected chi connectivity index (χ1v) is 8.76. The van der Waals surface area contributed by atoms with Crippen LogP contribution < -0.4 is 5.32 Å². The predicted molar refractivity (Wildman–Crippen MR) is 91.8 cm³/mol. The lowest BCUT2D eigenvalue weighted by molar-refractivity contribution is 0.0227. The number of rotatable bonds is 4. The first-order valence-electron chi connectivity index (χ1n) is 8.76. The van der Waals surface area contributed by atoms with E-state index in [2.05, 4.69) is 25.4 Å². The van der Waals surface area contributed by atoms with Gasteiger partial charge in [-0.1, -0.05) is 6.07 Å². The lowest BCUT2D eigenvalue weighted by Gasteiger charge is -2.37. The van der Waals surface area contributed by atoms with Crippen molar-refractivity contribution < 1.29 is 9.90 Å². The van der Waals surface area contributed by atoms with E-state index in [0.717, 1.165) is 36.5 Å². The Morgan fingerprint density at radius 2 is 2.28 bits per heavy atom. The molecule has 1 aliphatic carbocycles. The highest BCUT2D eigenvalue weighted by molar-refractivity contribution is 5.94. The summed E-state index contributed by atoms with van der Waals surface area (Å²) in [6, 6.07) is 5.49. The summed E-state index contributed by atoms with van der Waals surface area (Å²) in [7, 11) is 2.05. The minimum Gasteiger partial charge on any atom is -0.393 e. The van der Waals surface area contributed by atoms with Crippen LogP contribution in [0.15, 0.2) is 24.4 Å². The Kier molecular flexibility index (Phi) is 4.27. The second-order valence-corrected chi connectivity index (χ2v) is 7.11. The average molecular weight is 341 g/mol. The topological polar surface area (TPSA) is 94.1 Å². The molecule has 1 saturated carbocycles. The molecule has 0 spiro atoms. The highest BCUT2D eigenvalue weighted by Gasteiger charge is 2.37. The van der Waals surface area contributed by atoms with Crippen molar-refractivity contribution >= 4 is 5.91 Å². The summed E-state index contributed by atoms with van der Waals surface area (Å²) in [5.41, 5.74) is 3.34. The summed E-state index contributed by atoms with van der Waals surface area (Å²) in [6.45, 7) is 1.69. The van der Waals surface area contributed by atoms with Crippen LogP contribution in [0.3, 0.4) is 0 Å². The van der Waals surface area contributed by atoms with E-state index in [1.165, 1.54) is 0 Å². The van der Waals surface area contributed by atoms with Gasteiger partial charge in [0.1, 0.15) is 0 Å². The van der Waals surface area contributed by atoms with Crippen molar-refractivity contribution in [2.75, 3.05) is 13.6 Å². The van der Waals surface area contributed by atoms with Crippen molar-refractivity contribution in [3.8, 4) is 0 Å². The molecule has 2 aromatic heterocycles. The largest absolute Gasteiger partial charge is 0.393 e. The summed E-state index contributed by atoms with van der Waals surface area (Å²) >= 11 is 0. The second kappa shape index (κ2) is 6.57. The number of H-pyrrole nitrogens is 1. The molecular formula is C18H23N5O2. The van der Waals surface area contributed by atoms with Gasteiger partial charge < -0.3 is 15.3 Å². The van der Waals surface area contributed by atoms with Crippen molar-refractivity contribution in [3.63, 3.8) is 0 Å². The van der Waals surface area contributed by atoms with Crippen molar-refractivity contribution in [2.24, 2.45) is 5.92 Å². The number of hydrogen-bond donors (Lipinski definition) is 3. The Labute approximate surface area is 146 Å². The summed E-state index contributed by atoms with van der Waals surface area (Å²) in [4.78, 5) is 19.5. The number of hydrogen-bond acceptors (Lipinski definition) is 5. The van der Waals surface area contributed by atoms with Gasteiger partial charge in [0.25, 0.3) is 5.91 Å². The first kappa shape index (κ1) is 16.2. The summed E-state index contributed by atoms with van der Waals surface area (Å²) in [5.74, 6) is 0.0242. The van der Waals surface area contributed by atoms with Crippen molar-refractivity contribution in [2.45, 2.75) is 38.0 Å². The molecule has 7 heteroatoms. The van der Waals surface area contributed by atoms with Gasteiger partial charge in [-0.25, -0.2) is 0 Å². The summed E-state index contributed by atoms with van der Waals surface area (Å²) in [6.07, 6.45) is 3.70. The number of aliphatic hydroxyl groups excluding tert-OH is 1. The van der Waals surface area contributed by atoms with Gasteiger partial charge in [-0.3, -0.25) is 14.9 Å². The molecule has 4 rings (SSSR count). The second-order valence-electron chi connectivity index (χ2n) is 7.11. The number of carbonyl (C=O) groups excluding carboxylic acids is 1. The van der Waals surface area contributed by atoms with E-state index in [4.69, 9.17) is 0 Å². The number of aromatic amines is 1. The molecule has 132 valence electrons. The number of nitrogens with one attached hydrogen (secondary N) is 2. The molecule has 7 nitrogen and oxygen atoms in total. The third-order valence-electron chi connectivity index (χ3n) is 5.25. The highest BCUT2D eigenvalue weighted by atomic mass is 16.3. The number of aromatic nitrogens is 3. The summed E-state index contributed by atoms with van der Waals surface area (Å²) < 4.78 is 0. The lowest BCUT2D eigenvalue weighted by Crippen LogP contribution is -2.42. The van der Waals surface area contributed by atoms with Crippen LogP contribution in [0.5, 0.6) is 0 Å². The zero-order chi connectivity index (χ0) is 17.4. The molecule has 1 atom stereocenters. The van der Waals surface area contributed by atoms with E-state index in [1.807, 2.05) is 25.2 Å². The lowest BCUT2D eigenvalue weighted by atomic mass is 9.76. The third kappa shape index (κ3) is 3.17. The molecule has 25 heavy (non-hydrogen) atoms. The number of likely N-dealkylation sites (N-methyl/N-ethyl adjacent to an activating group) is 1. The van der Waals surface area contributed by atoms with Crippen LogP contribution >= 0.6 is 0 Å². The highest BCUT2D eigenvalue weighted by Crippen LogP contribution is 2.37. The molecule has 3 heterocycles. The first-order chi connectivity index (χ1) is 12.1. The van der Waals surface area contributed by atoms with Gasteiger partial charge in [0.05, 0.1) is 17.8 Å². The average Bonchev–Trinajstić information content (AvgIpc) is 3.01. The van der Waals surface area contributed by atoms with Crippen LogP contribution in [0.25, 0.3) is 0 Å². The molecule has 0 bridgehead atoms. The number of pyridine rings is 1. The zero-order valence-electron chi connectivity index (χ0n) is 14.3. The van der Waals surface area contributed by atoms with Crippen molar-refractivity contribution in [1.82, 2.24) is 25.4 Å². The van der Waals surface area contributed by atoms with Crippen LogP contribution in [0.2, 0.25) is 0 Å². The SMILES string of the molecule is CN1CCc2[nH]nc(C(=O)N[C@H](c3ccccn3)C3CC(O)C3)c2C1. The summed E-state index contributed by atoms with van der Waals surface area (Å²) in [5, 5.41) is 20.0. The predicted octanol–water partition coefficient (Wildman–Crippen LogP) is 1.03. The Bertz CT molecular complexity index is 754. The fourth-order valence-electron chi connectivity index (χ4n) is 3.72. The van der Waals surface area contributed by atoms with Gasteiger partial charge in [-0.05, 0) is 37.9 Å². The van der Waals surface area contributed by atoms with Crippen LogP contribution in [-0.2, 0) is 13.0 Å². The minimum absolute atomic E-state index is 0.176. The molecule has 1 aliphatic heterocycles. The van der Waals surface area contributed by atoms with Gasteiger partial charge in [0, 0.05) is 37.0 Å². The molecule has 0 aromatic carbocycles. The van der Waals surface area contributed by atoms with Crippen LogP contribution in [0, 0.1) is 5.92 Å². The maximum absolute atomic E-state index is 12.9. The third-order valence-corrected chi connectivity index (χ3v) is 5.25. The van der Waals surface area contributed by atoms with Crippen molar-refractivity contribution in [1.29, 1.82) is 0 Å². The maximum atomic E-state index is 12.9. The number of amides is 1. The van der Waals surface area contributed by atoms with E-state index < -0.39 is 0 Å². The van der Waals surface area contributed by atoms with Crippen LogP contribution in [0.4, 0.5) is 0 Å². The Hall–Kier alpha value is -2.25. The van der Waals surface area contributed by atoms with Gasteiger partial charge in [0.2, 0.25) is 0 Å². The van der Waals surface area contributed by atoms with E-state index >= 15 is 0 Å². The molecule has 2 aliphatic rings. The standard InChI is InChI=1S/C18H23N5O2/c1-23-7-5-14-13(10-23)17(22-21-14)18(25)20-16(11-8-12(24)9-11)15-4-2-3-6-19-15/h2-4,6,11-12,16,24H,5,7-10H2,1H3,(H,20,25)(H,21,22)/t11?,12?,16-/m0/s1. The molecule has 0 saturated heterocycles. The molecule has 1 fully saturated rings. The number of nitrogens with zero attached hydrogens (tertiary/aromatic N) is 3. The van der Waals surface area contributed by atoms with Crippen LogP contribution in [-0.4, -0.2) is 50.8 Å². The normalized spacial score (nSPS) is 24.2. The van der Waals surface area contributed by atoms with E-state index in [-0.39, 0.29) is 24.0 Å². The fourth-order valence-corrected chi connectivity index (χ4v) is 3.72. The van der Waals surface area contributed by atoms with E-state index in [9.17, 15) is 9.90 Å². The van der Waals surface area contributed by atoms with Gasteiger partial charge in [-0.2, -0.15) is 5.10 Å². The Balaban J connectivity index is 1.56. The van der Waals surface area contributed by atoms with E-state index in [0.29, 0.717) is 18.5 Å².